The number of likely N-dealkylation sites (tertiary alicyclic amines) is 1. The van der Waals surface area contributed by atoms with Gasteiger partial charge in [-0.15, -0.1) is 5.10 Å². The van der Waals surface area contributed by atoms with Crippen LogP contribution in [-0.2, 0) is 13.5 Å². The maximum Gasteiger partial charge on any atom is 0.415 e. The number of amides is 1. The number of pyridine rings is 1. The molecular weight excluding hydrogens is 428 g/mol. The third-order valence-corrected chi connectivity index (χ3v) is 6.58. The van der Waals surface area contributed by atoms with E-state index in [2.05, 4.69) is 20.5 Å². The Morgan fingerprint density at radius 1 is 1.09 bits per heavy atom. The Hall–Kier alpha value is -3.14. The zero-order valence-electron chi connectivity index (χ0n) is 18.0. The number of rotatable bonds is 8. The van der Waals surface area contributed by atoms with Crippen molar-refractivity contribution in [3.63, 3.8) is 0 Å². The minimum atomic E-state index is -0.289. The number of benzene rings is 1. The summed E-state index contributed by atoms with van der Waals surface area (Å²) in [5.74, 6) is 2.85. The number of carbonyl (C=O) groups is 1. The zero-order valence-corrected chi connectivity index (χ0v) is 18.8. The highest BCUT2D eigenvalue weighted by atomic mass is 32.2. The predicted molar refractivity (Wildman–Crippen MR) is 120 cm³/mol. The first-order chi connectivity index (χ1) is 15.7. The quantitative estimate of drug-likeness (QED) is 0.479. The summed E-state index contributed by atoms with van der Waals surface area (Å²) < 4.78 is 12.9. The third-order valence-electron chi connectivity index (χ3n) is 5.34. The average Bonchev–Trinajstić information content (AvgIpc) is 3.24. The van der Waals surface area contributed by atoms with E-state index in [9.17, 15) is 4.79 Å². The Morgan fingerprint density at radius 2 is 1.84 bits per heavy atom. The van der Waals surface area contributed by atoms with Crippen LogP contribution in [0.25, 0.3) is 0 Å². The van der Waals surface area contributed by atoms with Crippen molar-refractivity contribution >= 4 is 17.9 Å². The van der Waals surface area contributed by atoms with E-state index >= 15 is 0 Å². The number of aromatic nitrogens is 5. The summed E-state index contributed by atoms with van der Waals surface area (Å²) in [5, 5.41) is 12.3. The van der Waals surface area contributed by atoms with E-state index in [4.69, 9.17) is 9.47 Å². The minimum absolute atomic E-state index is 0.289. The fourth-order valence-electron chi connectivity index (χ4n) is 3.43. The van der Waals surface area contributed by atoms with E-state index < -0.39 is 0 Å². The van der Waals surface area contributed by atoms with Gasteiger partial charge in [0.05, 0.1) is 6.61 Å². The standard InChI is InChI=1S/C22H26N6O3S/c1-27-21(24-25-26-27)32-16-18-8-13-28(14-9-18)22(29)31-20-4-2-17(3-5-20)10-15-30-19-6-11-23-12-7-19/h2-7,11-12,18H,8-10,13-16H2,1H3. The maximum absolute atomic E-state index is 12.5. The van der Waals surface area contributed by atoms with Gasteiger partial charge in [-0.1, -0.05) is 23.9 Å². The van der Waals surface area contributed by atoms with Crippen molar-refractivity contribution in [3.05, 3.63) is 54.4 Å². The molecule has 0 spiro atoms. The van der Waals surface area contributed by atoms with E-state index in [1.165, 1.54) is 0 Å². The van der Waals surface area contributed by atoms with Crippen molar-refractivity contribution in [2.45, 2.75) is 24.4 Å². The van der Waals surface area contributed by atoms with Gasteiger partial charge in [-0.05, 0) is 59.0 Å². The molecule has 1 amide bonds. The number of aryl methyl sites for hydroxylation is 1. The first kappa shape index (κ1) is 22.1. The van der Waals surface area contributed by atoms with Gasteiger partial charge >= 0.3 is 6.09 Å². The van der Waals surface area contributed by atoms with E-state index in [0.29, 0.717) is 31.4 Å². The first-order valence-corrected chi connectivity index (χ1v) is 11.6. The number of hydrogen-bond donors (Lipinski definition) is 0. The second kappa shape index (κ2) is 10.9. The summed E-state index contributed by atoms with van der Waals surface area (Å²) in [6, 6.07) is 11.3. The van der Waals surface area contributed by atoms with Crippen LogP contribution in [0.15, 0.2) is 53.9 Å². The molecule has 3 aromatic rings. The topological polar surface area (TPSA) is 95.3 Å². The number of piperidine rings is 1. The minimum Gasteiger partial charge on any atom is -0.493 e. The second-order valence-corrected chi connectivity index (χ2v) is 8.61. The molecule has 0 N–H and O–H groups in total. The van der Waals surface area contributed by atoms with Crippen LogP contribution < -0.4 is 9.47 Å². The lowest BCUT2D eigenvalue weighted by Crippen LogP contribution is -2.40. The van der Waals surface area contributed by atoms with Crippen LogP contribution in [-0.4, -0.2) is 61.6 Å². The summed E-state index contributed by atoms with van der Waals surface area (Å²) in [4.78, 5) is 18.3. The largest absolute Gasteiger partial charge is 0.493 e. The van der Waals surface area contributed by atoms with Gasteiger partial charge in [-0.3, -0.25) is 4.98 Å². The Bertz CT molecular complexity index is 990. The summed E-state index contributed by atoms with van der Waals surface area (Å²) in [6.45, 7) is 1.97. The Morgan fingerprint density at radius 3 is 2.53 bits per heavy atom. The molecule has 0 radical (unpaired) electrons. The summed E-state index contributed by atoms with van der Waals surface area (Å²) in [7, 11) is 1.84. The van der Waals surface area contributed by atoms with Gasteiger partial charge < -0.3 is 14.4 Å². The molecule has 1 saturated heterocycles. The number of hydrogen-bond acceptors (Lipinski definition) is 8. The van der Waals surface area contributed by atoms with Gasteiger partial charge in [-0.2, -0.15) is 0 Å². The number of nitrogens with zero attached hydrogens (tertiary/aromatic N) is 6. The molecule has 1 aromatic carbocycles. The molecular formula is C22H26N6O3S. The fraction of sp³-hybridized carbons (Fsp3) is 0.409. The summed E-state index contributed by atoms with van der Waals surface area (Å²) in [5.41, 5.74) is 1.12. The highest BCUT2D eigenvalue weighted by Crippen LogP contribution is 2.25. The smallest absolute Gasteiger partial charge is 0.415 e. The zero-order chi connectivity index (χ0) is 22.2. The molecule has 1 fully saturated rings. The summed E-state index contributed by atoms with van der Waals surface area (Å²) in [6.07, 6.45) is 5.79. The molecule has 3 heterocycles. The second-order valence-electron chi connectivity index (χ2n) is 7.62. The molecule has 1 aliphatic rings. The number of carbonyl (C=O) groups excluding carboxylic acids is 1. The molecule has 10 heteroatoms. The van der Waals surface area contributed by atoms with Gasteiger partial charge in [0.2, 0.25) is 5.16 Å². The summed E-state index contributed by atoms with van der Waals surface area (Å²) >= 11 is 1.66. The molecule has 0 saturated carbocycles. The van der Waals surface area contributed by atoms with Crippen molar-refractivity contribution in [1.82, 2.24) is 30.1 Å². The average molecular weight is 455 g/mol. The molecule has 32 heavy (non-hydrogen) atoms. The monoisotopic (exact) mass is 454 g/mol. The Labute approximate surface area is 191 Å². The van der Waals surface area contributed by atoms with E-state index in [1.807, 2.05) is 43.4 Å². The molecule has 4 rings (SSSR count). The third kappa shape index (κ3) is 6.19. The number of thioether (sulfide) groups is 1. The SMILES string of the molecule is Cn1nnnc1SCC1CCN(C(=O)Oc2ccc(CCOc3ccncc3)cc2)CC1. The molecule has 9 nitrogen and oxygen atoms in total. The van der Waals surface area contributed by atoms with Gasteiger partial charge in [-0.25, -0.2) is 9.48 Å². The lowest BCUT2D eigenvalue weighted by Gasteiger charge is -2.30. The van der Waals surface area contributed by atoms with Crippen molar-refractivity contribution < 1.29 is 14.3 Å². The molecule has 0 aliphatic carbocycles. The first-order valence-electron chi connectivity index (χ1n) is 10.6. The van der Waals surface area contributed by atoms with Crippen LogP contribution in [0, 0.1) is 5.92 Å². The van der Waals surface area contributed by atoms with E-state index in [-0.39, 0.29) is 6.09 Å². The molecule has 0 unspecified atom stereocenters. The normalized spacial score (nSPS) is 14.3. The van der Waals surface area contributed by atoms with Crippen LogP contribution in [0.5, 0.6) is 11.5 Å². The van der Waals surface area contributed by atoms with Crippen molar-refractivity contribution in [2.24, 2.45) is 13.0 Å². The number of tetrazole rings is 1. The fourth-order valence-corrected chi connectivity index (χ4v) is 4.46. The van der Waals surface area contributed by atoms with Gasteiger partial charge in [0.25, 0.3) is 0 Å². The number of ether oxygens (including phenoxy) is 2. The molecule has 168 valence electrons. The van der Waals surface area contributed by atoms with Crippen molar-refractivity contribution in [3.8, 4) is 11.5 Å². The Kier molecular flexibility index (Phi) is 7.55. The predicted octanol–water partition coefficient (Wildman–Crippen LogP) is 3.23. The Balaban J connectivity index is 1.17. The van der Waals surface area contributed by atoms with Gasteiger partial charge in [0, 0.05) is 44.7 Å². The van der Waals surface area contributed by atoms with Crippen LogP contribution in [0.3, 0.4) is 0 Å². The van der Waals surface area contributed by atoms with Crippen molar-refractivity contribution in [1.29, 1.82) is 0 Å². The van der Waals surface area contributed by atoms with Crippen LogP contribution >= 0.6 is 11.8 Å². The maximum atomic E-state index is 12.5. The highest BCUT2D eigenvalue weighted by Gasteiger charge is 2.24. The molecule has 2 aromatic heterocycles. The van der Waals surface area contributed by atoms with E-state index in [1.54, 1.807) is 33.7 Å². The van der Waals surface area contributed by atoms with E-state index in [0.717, 1.165) is 41.5 Å². The molecule has 1 aliphatic heterocycles. The lowest BCUT2D eigenvalue weighted by atomic mass is 9.99. The highest BCUT2D eigenvalue weighted by molar-refractivity contribution is 7.99. The lowest BCUT2D eigenvalue weighted by molar-refractivity contribution is 0.134. The van der Waals surface area contributed by atoms with Crippen LogP contribution in [0.4, 0.5) is 4.79 Å². The van der Waals surface area contributed by atoms with Gasteiger partial charge in [0.15, 0.2) is 0 Å². The molecule has 0 atom stereocenters. The van der Waals surface area contributed by atoms with Crippen molar-refractivity contribution in [2.75, 3.05) is 25.4 Å². The van der Waals surface area contributed by atoms with Crippen LogP contribution in [0.1, 0.15) is 18.4 Å². The van der Waals surface area contributed by atoms with Gasteiger partial charge in [0.1, 0.15) is 11.5 Å². The molecule has 0 bridgehead atoms. The van der Waals surface area contributed by atoms with Crippen LogP contribution in [0.2, 0.25) is 0 Å².